The molecule has 2 aliphatic rings. The van der Waals surface area contributed by atoms with E-state index in [9.17, 15) is 9.65 Å². The van der Waals surface area contributed by atoms with E-state index in [-0.39, 0.29) is 17.8 Å². The Hall–Kier alpha value is -3.79. The summed E-state index contributed by atoms with van der Waals surface area (Å²) in [6, 6.07) is 16.0. The molecule has 2 aromatic carbocycles. The second kappa shape index (κ2) is 7.80. The fraction of sp³-hybridized carbons (Fsp3) is 0.250. The summed E-state index contributed by atoms with van der Waals surface area (Å²) >= 11 is 0. The Kier molecular flexibility index (Phi) is 4.83. The monoisotopic (exact) mass is 416 g/mol. The molecule has 1 aliphatic carbocycles. The molecule has 1 atom stereocenters. The van der Waals surface area contributed by atoms with Crippen LogP contribution in [0.3, 0.4) is 0 Å². The van der Waals surface area contributed by atoms with Gasteiger partial charge in [-0.1, -0.05) is 12.1 Å². The van der Waals surface area contributed by atoms with Crippen LogP contribution in [0.15, 0.2) is 60.0 Å². The maximum absolute atomic E-state index is 13.5. The first-order valence-electron chi connectivity index (χ1n) is 10.3. The molecule has 3 N–H and O–H groups in total. The summed E-state index contributed by atoms with van der Waals surface area (Å²) in [6.07, 6.45) is 4.69. The third-order valence-electron chi connectivity index (χ3n) is 5.87. The number of halogens is 1. The lowest BCUT2D eigenvalue weighted by molar-refractivity contribution is 0.210. The number of allylic oxidation sites excluding steroid dienone is 1. The normalized spacial score (nSPS) is 18.4. The second-order valence-electron chi connectivity index (χ2n) is 7.85. The molecular formula is C24H21FN4O2. The zero-order valence-corrected chi connectivity index (χ0v) is 16.8. The highest BCUT2D eigenvalue weighted by Gasteiger charge is 2.35. The van der Waals surface area contributed by atoms with E-state index in [1.807, 2.05) is 24.3 Å². The van der Waals surface area contributed by atoms with Crippen LogP contribution in [0.2, 0.25) is 0 Å². The number of aromatic amines is 1. The second-order valence-corrected chi connectivity index (χ2v) is 7.85. The van der Waals surface area contributed by atoms with Crippen LogP contribution in [0.1, 0.15) is 42.7 Å². The van der Waals surface area contributed by atoms with Crippen LogP contribution in [-0.4, -0.2) is 16.3 Å². The number of aromatic nitrogens is 2. The Bertz CT molecular complexity index is 1190. The standard InChI is InChI=1S/C24H21FN4O2/c25-16-10-8-14(9-11-16)22-21-20(19(13-26)23(27)31-24(21)29-28-22)15-4-3-7-18(12-15)30-17-5-1-2-6-17/h3-4,7-12,17,20H,1-2,5-6,27H2,(H,28,29)/t20-/m0/s1. The van der Waals surface area contributed by atoms with Gasteiger partial charge in [-0.2, -0.15) is 5.26 Å². The Balaban J connectivity index is 1.60. The van der Waals surface area contributed by atoms with Crippen molar-refractivity contribution in [1.82, 2.24) is 10.2 Å². The molecule has 0 unspecified atom stereocenters. The largest absolute Gasteiger partial charge is 0.490 e. The van der Waals surface area contributed by atoms with Gasteiger partial charge in [0.1, 0.15) is 23.2 Å². The van der Waals surface area contributed by atoms with Gasteiger partial charge in [-0.05, 0) is 67.6 Å². The molecule has 0 saturated heterocycles. The van der Waals surface area contributed by atoms with E-state index in [0.29, 0.717) is 22.7 Å². The van der Waals surface area contributed by atoms with Crippen LogP contribution >= 0.6 is 0 Å². The number of fused-ring (bicyclic) bond motifs is 1. The summed E-state index contributed by atoms with van der Waals surface area (Å²) < 4.78 is 25.3. The fourth-order valence-corrected chi connectivity index (χ4v) is 4.38. The number of H-pyrrole nitrogens is 1. The quantitative estimate of drug-likeness (QED) is 0.639. The van der Waals surface area contributed by atoms with E-state index in [4.69, 9.17) is 15.2 Å². The predicted molar refractivity (Wildman–Crippen MR) is 113 cm³/mol. The average molecular weight is 416 g/mol. The van der Waals surface area contributed by atoms with E-state index >= 15 is 0 Å². The first kappa shape index (κ1) is 19.2. The van der Waals surface area contributed by atoms with Crippen molar-refractivity contribution in [2.45, 2.75) is 37.7 Å². The first-order chi connectivity index (χ1) is 15.1. The van der Waals surface area contributed by atoms with Gasteiger partial charge in [-0.3, -0.25) is 5.10 Å². The third kappa shape index (κ3) is 3.50. The molecule has 156 valence electrons. The van der Waals surface area contributed by atoms with Gasteiger partial charge in [0.2, 0.25) is 11.8 Å². The summed E-state index contributed by atoms with van der Waals surface area (Å²) in [5, 5.41) is 17.1. The van der Waals surface area contributed by atoms with E-state index in [1.165, 1.54) is 25.0 Å². The Morgan fingerprint density at radius 1 is 1.16 bits per heavy atom. The number of ether oxygens (including phenoxy) is 2. The number of nitrogens with one attached hydrogen (secondary N) is 1. The van der Waals surface area contributed by atoms with Crippen molar-refractivity contribution in [1.29, 1.82) is 5.26 Å². The van der Waals surface area contributed by atoms with E-state index in [0.717, 1.165) is 29.7 Å². The summed E-state index contributed by atoms with van der Waals surface area (Å²) in [5.41, 5.74) is 9.30. The number of benzene rings is 2. The predicted octanol–water partition coefficient (Wildman–Crippen LogP) is 4.76. The van der Waals surface area contributed by atoms with Crippen molar-refractivity contribution in [2.75, 3.05) is 0 Å². The topological polar surface area (TPSA) is 97.0 Å². The van der Waals surface area contributed by atoms with Crippen LogP contribution in [0, 0.1) is 17.1 Å². The van der Waals surface area contributed by atoms with Gasteiger partial charge in [0.15, 0.2) is 0 Å². The van der Waals surface area contributed by atoms with Crippen LogP contribution in [0.4, 0.5) is 4.39 Å². The lowest BCUT2D eigenvalue weighted by Gasteiger charge is -2.24. The lowest BCUT2D eigenvalue weighted by Crippen LogP contribution is -2.21. The summed E-state index contributed by atoms with van der Waals surface area (Å²) in [6.45, 7) is 0. The number of nitrogens with two attached hydrogens (primary N) is 1. The molecule has 31 heavy (non-hydrogen) atoms. The van der Waals surface area contributed by atoms with Gasteiger partial charge in [-0.25, -0.2) is 4.39 Å². The number of nitriles is 1. The maximum Gasteiger partial charge on any atom is 0.244 e. The molecule has 7 heteroatoms. The SMILES string of the molecule is N#CC1=C(N)Oc2n[nH]c(-c3ccc(F)cc3)c2[C@H]1c1cccc(OC2CCCC2)c1. The highest BCUT2D eigenvalue weighted by molar-refractivity contribution is 5.71. The molecule has 1 aliphatic heterocycles. The molecule has 0 spiro atoms. The molecule has 1 saturated carbocycles. The van der Waals surface area contributed by atoms with Gasteiger partial charge >= 0.3 is 0 Å². The smallest absolute Gasteiger partial charge is 0.244 e. The Morgan fingerprint density at radius 2 is 1.94 bits per heavy atom. The lowest BCUT2D eigenvalue weighted by atomic mass is 9.83. The minimum atomic E-state index is -0.486. The zero-order valence-electron chi connectivity index (χ0n) is 16.8. The maximum atomic E-state index is 13.5. The molecule has 0 radical (unpaired) electrons. The van der Waals surface area contributed by atoms with Gasteiger partial charge in [-0.15, -0.1) is 5.10 Å². The van der Waals surface area contributed by atoms with Gasteiger partial charge in [0, 0.05) is 5.56 Å². The molecule has 5 rings (SSSR count). The summed E-state index contributed by atoms with van der Waals surface area (Å²) in [7, 11) is 0. The minimum Gasteiger partial charge on any atom is -0.490 e. The fourth-order valence-electron chi connectivity index (χ4n) is 4.38. The Labute approximate surface area is 179 Å². The highest BCUT2D eigenvalue weighted by atomic mass is 19.1. The van der Waals surface area contributed by atoms with Crippen molar-refractivity contribution in [3.8, 4) is 29.0 Å². The summed E-state index contributed by atoms with van der Waals surface area (Å²) in [4.78, 5) is 0. The molecule has 2 heterocycles. The van der Waals surface area contributed by atoms with E-state index < -0.39 is 5.92 Å². The van der Waals surface area contributed by atoms with Crippen LogP contribution in [0.5, 0.6) is 11.6 Å². The van der Waals surface area contributed by atoms with E-state index in [2.05, 4.69) is 16.3 Å². The number of hydrogen-bond acceptors (Lipinski definition) is 5. The van der Waals surface area contributed by atoms with Crippen molar-refractivity contribution in [2.24, 2.45) is 5.73 Å². The van der Waals surface area contributed by atoms with Crippen LogP contribution in [0.25, 0.3) is 11.3 Å². The number of rotatable bonds is 4. The van der Waals surface area contributed by atoms with Gasteiger partial charge in [0.05, 0.1) is 23.3 Å². The molecule has 0 amide bonds. The molecular weight excluding hydrogens is 395 g/mol. The van der Waals surface area contributed by atoms with Gasteiger partial charge in [0.25, 0.3) is 0 Å². The van der Waals surface area contributed by atoms with Crippen molar-refractivity contribution in [3.05, 3.63) is 76.9 Å². The van der Waals surface area contributed by atoms with E-state index in [1.54, 1.807) is 12.1 Å². The molecule has 1 aromatic heterocycles. The van der Waals surface area contributed by atoms with Gasteiger partial charge < -0.3 is 15.2 Å². The number of hydrogen-bond donors (Lipinski definition) is 2. The number of nitrogens with zero attached hydrogens (tertiary/aromatic N) is 2. The van der Waals surface area contributed by atoms with Crippen molar-refractivity contribution in [3.63, 3.8) is 0 Å². The average Bonchev–Trinajstić information content (AvgIpc) is 3.43. The highest BCUT2D eigenvalue weighted by Crippen LogP contribution is 2.46. The molecule has 6 nitrogen and oxygen atoms in total. The zero-order chi connectivity index (χ0) is 21.4. The van der Waals surface area contributed by atoms with Crippen LogP contribution in [-0.2, 0) is 0 Å². The van der Waals surface area contributed by atoms with Crippen LogP contribution < -0.4 is 15.2 Å². The van der Waals surface area contributed by atoms with Crippen molar-refractivity contribution >= 4 is 0 Å². The van der Waals surface area contributed by atoms with Crippen molar-refractivity contribution < 1.29 is 13.9 Å². The molecule has 3 aromatic rings. The minimum absolute atomic E-state index is 0.0271. The summed E-state index contributed by atoms with van der Waals surface area (Å²) in [5.74, 6) is 0.283. The Morgan fingerprint density at radius 3 is 2.68 bits per heavy atom. The molecule has 0 bridgehead atoms. The first-order valence-corrected chi connectivity index (χ1v) is 10.3. The third-order valence-corrected chi connectivity index (χ3v) is 5.87. The molecule has 1 fully saturated rings.